The largest absolute Gasteiger partial charge is 0.364 e. The molecule has 0 saturated carbocycles. The molecule has 0 aliphatic heterocycles. The van der Waals surface area contributed by atoms with E-state index >= 15 is 0 Å². The Morgan fingerprint density at radius 2 is 2.27 bits per heavy atom. The maximum atomic E-state index is 5.07. The van der Waals surface area contributed by atoms with Gasteiger partial charge in [0.25, 0.3) is 0 Å². The number of aromatic nitrogens is 3. The molecule has 15 heavy (non-hydrogen) atoms. The quantitative estimate of drug-likeness (QED) is 0.829. The molecule has 0 radical (unpaired) electrons. The maximum Gasteiger partial charge on any atom is 0.148 e. The third kappa shape index (κ3) is 2.01. The van der Waals surface area contributed by atoms with E-state index in [9.17, 15) is 0 Å². The first-order chi connectivity index (χ1) is 7.16. The van der Waals surface area contributed by atoms with Crippen molar-refractivity contribution in [3.8, 4) is 0 Å². The van der Waals surface area contributed by atoms with Gasteiger partial charge in [0.15, 0.2) is 0 Å². The van der Waals surface area contributed by atoms with Crippen LogP contribution in [-0.4, -0.2) is 14.9 Å². The van der Waals surface area contributed by atoms with Crippen LogP contribution >= 0.6 is 0 Å². The standard InChI is InChI=1S/C10H14N4O/c1-7-9(8(2)15-13-7)6-11-10-4-5-14(3)12-10/h4-5H,6H2,1-3H3,(H,11,12). The number of aryl methyl sites for hydroxylation is 3. The molecule has 1 N–H and O–H groups in total. The summed E-state index contributed by atoms with van der Waals surface area (Å²) in [5.41, 5.74) is 2.02. The minimum atomic E-state index is 0.693. The van der Waals surface area contributed by atoms with Crippen LogP contribution in [0.25, 0.3) is 0 Å². The van der Waals surface area contributed by atoms with Gasteiger partial charge in [-0.2, -0.15) is 5.10 Å². The van der Waals surface area contributed by atoms with Crippen LogP contribution in [0.2, 0.25) is 0 Å². The minimum absolute atomic E-state index is 0.693. The Morgan fingerprint density at radius 1 is 1.47 bits per heavy atom. The lowest BCUT2D eigenvalue weighted by atomic mass is 10.2. The Hall–Kier alpha value is -1.78. The highest BCUT2D eigenvalue weighted by atomic mass is 16.5. The van der Waals surface area contributed by atoms with Gasteiger partial charge in [0.2, 0.25) is 0 Å². The monoisotopic (exact) mass is 206 g/mol. The van der Waals surface area contributed by atoms with Gasteiger partial charge >= 0.3 is 0 Å². The Kier molecular flexibility index (Phi) is 2.45. The molecule has 0 fully saturated rings. The summed E-state index contributed by atoms with van der Waals surface area (Å²) in [5.74, 6) is 1.72. The second kappa shape index (κ2) is 3.76. The SMILES string of the molecule is Cc1noc(C)c1CNc1ccn(C)n1. The fourth-order valence-corrected chi connectivity index (χ4v) is 1.44. The molecule has 80 valence electrons. The molecule has 5 nitrogen and oxygen atoms in total. The first kappa shape index (κ1) is 9.76. The molecule has 0 spiro atoms. The van der Waals surface area contributed by atoms with Crippen LogP contribution in [0.5, 0.6) is 0 Å². The lowest BCUT2D eigenvalue weighted by molar-refractivity contribution is 0.392. The lowest BCUT2D eigenvalue weighted by Gasteiger charge is -2.01. The number of nitrogens with zero attached hydrogens (tertiary/aromatic N) is 3. The van der Waals surface area contributed by atoms with Crippen molar-refractivity contribution in [3.05, 3.63) is 29.3 Å². The third-order valence-corrected chi connectivity index (χ3v) is 2.34. The molecule has 0 saturated heterocycles. The zero-order valence-corrected chi connectivity index (χ0v) is 9.11. The number of rotatable bonds is 3. The first-order valence-corrected chi connectivity index (χ1v) is 4.82. The van der Waals surface area contributed by atoms with E-state index in [2.05, 4.69) is 15.6 Å². The summed E-state index contributed by atoms with van der Waals surface area (Å²) >= 11 is 0. The zero-order chi connectivity index (χ0) is 10.8. The van der Waals surface area contributed by atoms with Gasteiger partial charge in [-0.15, -0.1) is 0 Å². The molecule has 0 atom stereocenters. The van der Waals surface area contributed by atoms with E-state index < -0.39 is 0 Å². The molecule has 0 amide bonds. The average molecular weight is 206 g/mol. The van der Waals surface area contributed by atoms with Crippen molar-refractivity contribution in [2.45, 2.75) is 20.4 Å². The van der Waals surface area contributed by atoms with Gasteiger partial charge < -0.3 is 9.84 Å². The van der Waals surface area contributed by atoms with E-state index in [0.717, 1.165) is 22.8 Å². The summed E-state index contributed by atoms with van der Waals surface area (Å²) in [4.78, 5) is 0. The van der Waals surface area contributed by atoms with E-state index in [0.29, 0.717) is 6.54 Å². The normalized spacial score (nSPS) is 10.6. The number of nitrogens with one attached hydrogen (secondary N) is 1. The van der Waals surface area contributed by atoms with Crippen molar-refractivity contribution in [2.75, 3.05) is 5.32 Å². The van der Waals surface area contributed by atoms with Crippen molar-refractivity contribution in [1.82, 2.24) is 14.9 Å². The molecule has 0 unspecified atom stereocenters. The predicted molar refractivity (Wildman–Crippen MR) is 56.5 cm³/mol. The van der Waals surface area contributed by atoms with E-state index in [4.69, 9.17) is 4.52 Å². The van der Waals surface area contributed by atoms with E-state index in [1.54, 1.807) is 4.68 Å². The molecule has 2 aromatic heterocycles. The highest BCUT2D eigenvalue weighted by Gasteiger charge is 2.08. The van der Waals surface area contributed by atoms with Crippen molar-refractivity contribution in [3.63, 3.8) is 0 Å². The van der Waals surface area contributed by atoms with Crippen molar-refractivity contribution in [2.24, 2.45) is 7.05 Å². The molecule has 2 aromatic rings. The summed E-state index contributed by atoms with van der Waals surface area (Å²) in [6.45, 7) is 4.54. The summed E-state index contributed by atoms with van der Waals surface area (Å²) in [7, 11) is 1.89. The zero-order valence-electron chi connectivity index (χ0n) is 9.11. The Morgan fingerprint density at radius 3 is 2.80 bits per heavy atom. The van der Waals surface area contributed by atoms with Gasteiger partial charge in [-0.25, -0.2) is 0 Å². The van der Waals surface area contributed by atoms with Gasteiger partial charge in [0, 0.05) is 31.4 Å². The van der Waals surface area contributed by atoms with Crippen molar-refractivity contribution in [1.29, 1.82) is 0 Å². The van der Waals surface area contributed by atoms with Crippen LogP contribution < -0.4 is 5.32 Å². The number of hydrogen-bond donors (Lipinski definition) is 1. The molecular weight excluding hydrogens is 192 g/mol. The minimum Gasteiger partial charge on any atom is -0.364 e. The number of hydrogen-bond acceptors (Lipinski definition) is 4. The van der Waals surface area contributed by atoms with Crippen LogP contribution in [-0.2, 0) is 13.6 Å². The van der Waals surface area contributed by atoms with Crippen LogP contribution in [0.1, 0.15) is 17.0 Å². The highest BCUT2D eigenvalue weighted by molar-refractivity contribution is 5.35. The van der Waals surface area contributed by atoms with Crippen molar-refractivity contribution >= 4 is 5.82 Å². The van der Waals surface area contributed by atoms with Gasteiger partial charge in [-0.3, -0.25) is 4.68 Å². The molecule has 0 bridgehead atoms. The van der Waals surface area contributed by atoms with Gasteiger partial charge in [-0.1, -0.05) is 5.16 Å². The fourth-order valence-electron chi connectivity index (χ4n) is 1.44. The number of anilines is 1. The van der Waals surface area contributed by atoms with Gasteiger partial charge in [0.05, 0.1) is 5.69 Å². The van der Waals surface area contributed by atoms with E-state index in [-0.39, 0.29) is 0 Å². The summed E-state index contributed by atoms with van der Waals surface area (Å²) in [6, 6.07) is 1.93. The predicted octanol–water partition coefficient (Wildman–Crippen LogP) is 1.64. The molecule has 5 heteroatoms. The van der Waals surface area contributed by atoms with E-state index in [1.807, 2.05) is 33.2 Å². The summed E-state index contributed by atoms with van der Waals surface area (Å²) in [5, 5.41) is 11.3. The molecule has 0 aliphatic carbocycles. The lowest BCUT2D eigenvalue weighted by Crippen LogP contribution is -2.02. The summed E-state index contributed by atoms with van der Waals surface area (Å²) in [6.07, 6.45) is 1.90. The topological polar surface area (TPSA) is 55.9 Å². The van der Waals surface area contributed by atoms with Crippen LogP contribution in [0, 0.1) is 13.8 Å². The Balaban J connectivity index is 2.05. The Labute approximate surface area is 88.1 Å². The van der Waals surface area contributed by atoms with E-state index in [1.165, 1.54) is 0 Å². The molecule has 2 rings (SSSR count). The van der Waals surface area contributed by atoms with Crippen LogP contribution in [0.15, 0.2) is 16.8 Å². The molecular formula is C10H14N4O. The maximum absolute atomic E-state index is 5.07. The fraction of sp³-hybridized carbons (Fsp3) is 0.400. The van der Waals surface area contributed by atoms with Crippen LogP contribution in [0.4, 0.5) is 5.82 Å². The highest BCUT2D eigenvalue weighted by Crippen LogP contribution is 2.13. The smallest absolute Gasteiger partial charge is 0.148 e. The Bertz CT molecular complexity index is 438. The molecule has 0 aromatic carbocycles. The van der Waals surface area contributed by atoms with Crippen LogP contribution in [0.3, 0.4) is 0 Å². The summed E-state index contributed by atoms with van der Waals surface area (Å²) < 4.78 is 6.83. The molecule has 2 heterocycles. The molecule has 0 aliphatic rings. The van der Waals surface area contributed by atoms with Crippen molar-refractivity contribution < 1.29 is 4.52 Å². The second-order valence-corrected chi connectivity index (χ2v) is 3.53. The third-order valence-electron chi connectivity index (χ3n) is 2.34. The van der Waals surface area contributed by atoms with Gasteiger partial charge in [-0.05, 0) is 13.8 Å². The second-order valence-electron chi connectivity index (χ2n) is 3.53. The first-order valence-electron chi connectivity index (χ1n) is 4.82. The average Bonchev–Trinajstić information content (AvgIpc) is 2.73. The van der Waals surface area contributed by atoms with Gasteiger partial charge in [0.1, 0.15) is 11.6 Å².